The van der Waals surface area contributed by atoms with Gasteiger partial charge in [-0.3, -0.25) is 0 Å². The first-order chi connectivity index (χ1) is 9.85. The fraction of sp³-hybridized carbons (Fsp3) is 0.500. The zero-order valence-corrected chi connectivity index (χ0v) is 12.0. The van der Waals surface area contributed by atoms with Crippen LogP contribution >= 0.6 is 0 Å². The van der Waals surface area contributed by atoms with Gasteiger partial charge in [0.1, 0.15) is 12.7 Å². The molecule has 3 rings (SSSR count). The molecule has 1 aliphatic rings. The molecule has 2 atom stereocenters. The van der Waals surface area contributed by atoms with E-state index < -0.39 is 0 Å². The molecule has 4 heteroatoms. The van der Waals surface area contributed by atoms with E-state index in [1.54, 1.807) is 12.7 Å². The predicted octanol–water partition coefficient (Wildman–Crippen LogP) is 3.32. The molecule has 0 saturated heterocycles. The Morgan fingerprint density at radius 2 is 2.30 bits per heavy atom. The Kier molecular flexibility index (Phi) is 4.00. The topological polar surface area (TPSA) is 42.7 Å². The summed E-state index contributed by atoms with van der Waals surface area (Å²) in [6.45, 7) is 3.07. The molecule has 2 aromatic rings. The van der Waals surface area contributed by atoms with Gasteiger partial charge in [-0.05, 0) is 36.5 Å². The molecule has 0 aliphatic heterocycles. The first kappa shape index (κ1) is 13.2. The molecule has 0 radical (unpaired) electrons. The molecular formula is C16H22N4. The van der Waals surface area contributed by atoms with E-state index in [1.807, 2.05) is 4.68 Å². The van der Waals surface area contributed by atoms with E-state index in [0.717, 1.165) is 12.5 Å². The Morgan fingerprint density at radius 3 is 3.10 bits per heavy atom. The lowest BCUT2D eigenvalue weighted by molar-refractivity contribution is 0.489. The summed E-state index contributed by atoms with van der Waals surface area (Å²) in [5.41, 5.74) is 2.49. The molecule has 1 N–H and O–H groups in total. The van der Waals surface area contributed by atoms with Gasteiger partial charge in [0.05, 0.1) is 6.54 Å². The van der Waals surface area contributed by atoms with Crippen molar-refractivity contribution in [2.24, 2.45) is 5.92 Å². The van der Waals surface area contributed by atoms with Crippen LogP contribution in [0.15, 0.2) is 36.9 Å². The average Bonchev–Trinajstić information content (AvgIpc) is 3.10. The summed E-state index contributed by atoms with van der Waals surface area (Å²) in [6.07, 6.45) is 8.63. The van der Waals surface area contributed by atoms with Gasteiger partial charge in [-0.25, -0.2) is 9.67 Å². The van der Waals surface area contributed by atoms with Crippen LogP contribution in [0.3, 0.4) is 0 Å². The molecule has 1 aromatic heterocycles. The van der Waals surface area contributed by atoms with Gasteiger partial charge < -0.3 is 5.32 Å². The minimum Gasteiger partial charge on any atom is -0.382 e. The smallest absolute Gasteiger partial charge is 0.137 e. The summed E-state index contributed by atoms with van der Waals surface area (Å²) >= 11 is 0. The Morgan fingerprint density at radius 1 is 1.35 bits per heavy atom. The van der Waals surface area contributed by atoms with Crippen molar-refractivity contribution in [3.05, 3.63) is 42.5 Å². The summed E-state index contributed by atoms with van der Waals surface area (Å²) < 4.78 is 1.85. The average molecular weight is 270 g/mol. The second-order valence-corrected chi connectivity index (χ2v) is 5.64. The summed E-state index contributed by atoms with van der Waals surface area (Å²) in [7, 11) is 0. The molecule has 0 bridgehead atoms. The maximum atomic E-state index is 4.15. The summed E-state index contributed by atoms with van der Waals surface area (Å²) in [4.78, 5) is 3.98. The lowest BCUT2D eigenvalue weighted by atomic mass is 10.0. The van der Waals surface area contributed by atoms with Crippen molar-refractivity contribution in [3.8, 4) is 0 Å². The number of hydrogen-bond donors (Lipinski definition) is 1. The van der Waals surface area contributed by atoms with E-state index in [2.05, 4.69) is 46.6 Å². The fourth-order valence-corrected chi connectivity index (χ4v) is 3.19. The first-order valence-electron chi connectivity index (χ1n) is 7.53. The molecule has 20 heavy (non-hydrogen) atoms. The normalized spacial score (nSPS) is 22.1. The van der Waals surface area contributed by atoms with Gasteiger partial charge in [-0.1, -0.05) is 31.9 Å². The highest BCUT2D eigenvalue weighted by atomic mass is 15.3. The van der Waals surface area contributed by atoms with Crippen molar-refractivity contribution in [1.82, 2.24) is 14.8 Å². The van der Waals surface area contributed by atoms with Gasteiger partial charge in [0.25, 0.3) is 0 Å². The van der Waals surface area contributed by atoms with Crippen LogP contribution in [0.5, 0.6) is 0 Å². The summed E-state index contributed by atoms with van der Waals surface area (Å²) in [5.74, 6) is 0.828. The van der Waals surface area contributed by atoms with Crippen LogP contribution in [0, 0.1) is 5.92 Å². The highest BCUT2D eigenvalue weighted by Gasteiger charge is 2.25. The SMILES string of the molecule is CCC1CCCC1Nc1cccc(Cn2cncn2)c1. The highest BCUT2D eigenvalue weighted by molar-refractivity contribution is 5.46. The lowest BCUT2D eigenvalue weighted by Gasteiger charge is -2.21. The number of nitrogens with one attached hydrogen (secondary N) is 1. The third-order valence-corrected chi connectivity index (χ3v) is 4.27. The van der Waals surface area contributed by atoms with Crippen molar-refractivity contribution < 1.29 is 0 Å². The Hall–Kier alpha value is -1.84. The number of rotatable bonds is 5. The van der Waals surface area contributed by atoms with Gasteiger partial charge in [0.15, 0.2) is 0 Å². The highest BCUT2D eigenvalue weighted by Crippen LogP contribution is 2.30. The largest absolute Gasteiger partial charge is 0.382 e. The molecular weight excluding hydrogens is 248 g/mol. The van der Waals surface area contributed by atoms with Crippen LogP contribution in [-0.2, 0) is 6.54 Å². The fourth-order valence-electron chi connectivity index (χ4n) is 3.19. The number of benzene rings is 1. The number of aromatic nitrogens is 3. The van der Waals surface area contributed by atoms with Crippen molar-refractivity contribution in [2.45, 2.75) is 45.2 Å². The minimum absolute atomic E-state index is 0.640. The third-order valence-electron chi connectivity index (χ3n) is 4.27. The van der Waals surface area contributed by atoms with E-state index in [9.17, 15) is 0 Å². The van der Waals surface area contributed by atoms with E-state index in [-0.39, 0.29) is 0 Å². The number of anilines is 1. The second kappa shape index (κ2) is 6.07. The monoisotopic (exact) mass is 270 g/mol. The molecule has 4 nitrogen and oxygen atoms in total. The Balaban J connectivity index is 1.68. The minimum atomic E-state index is 0.640. The Labute approximate surface area is 120 Å². The van der Waals surface area contributed by atoms with E-state index >= 15 is 0 Å². The summed E-state index contributed by atoms with van der Waals surface area (Å²) in [6, 6.07) is 9.29. The van der Waals surface area contributed by atoms with Gasteiger partial charge >= 0.3 is 0 Å². The quantitative estimate of drug-likeness (QED) is 0.906. The zero-order chi connectivity index (χ0) is 13.8. The lowest BCUT2D eigenvalue weighted by Crippen LogP contribution is -2.23. The van der Waals surface area contributed by atoms with Crippen molar-refractivity contribution in [1.29, 1.82) is 0 Å². The second-order valence-electron chi connectivity index (χ2n) is 5.64. The molecule has 2 unspecified atom stereocenters. The van der Waals surface area contributed by atoms with Crippen molar-refractivity contribution in [2.75, 3.05) is 5.32 Å². The van der Waals surface area contributed by atoms with Gasteiger partial charge in [0.2, 0.25) is 0 Å². The van der Waals surface area contributed by atoms with E-state index in [4.69, 9.17) is 0 Å². The molecule has 0 amide bonds. The van der Waals surface area contributed by atoms with Crippen LogP contribution in [0.25, 0.3) is 0 Å². The molecule has 106 valence electrons. The molecule has 1 fully saturated rings. The maximum Gasteiger partial charge on any atom is 0.137 e. The summed E-state index contributed by atoms with van der Waals surface area (Å²) in [5, 5.41) is 7.87. The van der Waals surface area contributed by atoms with Crippen molar-refractivity contribution in [3.63, 3.8) is 0 Å². The van der Waals surface area contributed by atoms with Crippen LogP contribution in [-0.4, -0.2) is 20.8 Å². The van der Waals surface area contributed by atoms with E-state index in [1.165, 1.54) is 36.9 Å². The molecule has 1 heterocycles. The van der Waals surface area contributed by atoms with Gasteiger partial charge in [-0.15, -0.1) is 0 Å². The van der Waals surface area contributed by atoms with Gasteiger partial charge in [0, 0.05) is 11.7 Å². The molecule has 1 aliphatic carbocycles. The van der Waals surface area contributed by atoms with Crippen LogP contribution in [0.1, 0.15) is 38.2 Å². The molecule has 0 spiro atoms. The molecule has 1 aromatic carbocycles. The number of nitrogens with zero attached hydrogens (tertiary/aromatic N) is 3. The molecule has 1 saturated carbocycles. The number of hydrogen-bond acceptors (Lipinski definition) is 3. The first-order valence-corrected chi connectivity index (χ1v) is 7.53. The Bertz CT molecular complexity index is 535. The standard InChI is InChI=1S/C16H22N4/c1-2-14-6-4-8-16(14)19-15-7-3-5-13(9-15)10-20-12-17-11-18-20/h3,5,7,9,11-12,14,16,19H,2,4,6,8,10H2,1H3. The van der Waals surface area contributed by atoms with Crippen LogP contribution < -0.4 is 5.32 Å². The van der Waals surface area contributed by atoms with Crippen LogP contribution in [0.2, 0.25) is 0 Å². The van der Waals surface area contributed by atoms with Gasteiger partial charge in [-0.2, -0.15) is 5.10 Å². The zero-order valence-electron chi connectivity index (χ0n) is 12.0. The predicted molar refractivity (Wildman–Crippen MR) is 80.6 cm³/mol. The van der Waals surface area contributed by atoms with Crippen LogP contribution in [0.4, 0.5) is 5.69 Å². The van der Waals surface area contributed by atoms with Crippen molar-refractivity contribution >= 4 is 5.69 Å². The van der Waals surface area contributed by atoms with E-state index in [0.29, 0.717) is 6.04 Å². The maximum absolute atomic E-state index is 4.15. The third kappa shape index (κ3) is 3.00.